The van der Waals surface area contributed by atoms with E-state index in [1.807, 2.05) is 47.5 Å². The lowest BCUT2D eigenvalue weighted by atomic mass is 10.1. The molecule has 1 atom stereocenters. The largest absolute Gasteiger partial charge is 0.383 e. The van der Waals surface area contributed by atoms with Crippen LogP contribution in [0.15, 0.2) is 67.3 Å². The van der Waals surface area contributed by atoms with Crippen molar-refractivity contribution >= 4 is 16.7 Å². The minimum Gasteiger partial charge on any atom is -0.383 e. The molecule has 0 aliphatic heterocycles. The van der Waals surface area contributed by atoms with Gasteiger partial charge in [-0.1, -0.05) is 18.2 Å². The van der Waals surface area contributed by atoms with Gasteiger partial charge in [0.1, 0.15) is 5.65 Å². The lowest BCUT2D eigenvalue weighted by Crippen LogP contribution is -2.16. The summed E-state index contributed by atoms with van der Waals surface area (Å²) in [5, 5.41) is 9.10. The molecule has 2 N–H and O–H groups in total. The number of hydrogen-bond donors (Lipinski definition) is 2. The summed E-state index contributed by atoms with van der Waals surface area (Å²) in [4.78, 5) is 7.49. The predicted molar refractivity (Wildman–Crippen MR) is 97.0 cm³/mol. The SMILES string of the molecule is CC(CNc1ccccc1)n1cc(-c2ccnc3[nH]ccc23)cn1. The summed E-state index contributed by atoms with van der Waals surface area (Å²) < 4.78 is 2.00. The molecule has 120 valence electrons. The van der Waals surface area contributed by atoms with E-state index in [1.54, 1.807) is 0 Å². The number of pyridine rings is 1. The maximum atomic E-state index is 4.54. The van der Waals surface area contributed by atoms with Crippen LogP contribution >= 0.6 is 0 Å². The standard InChI is InChI=1S/C19H19N5/c1-14(11-22-16-5-3-2-4-6-16)24-13-15(12-23-24)17-7-9-20-19-18(17)8-10-21-19/h2-10,12-14,22H,11H2,1H3,(H,20,21). The van der Waals surface area contributed by atoms with Crippen molar-refractivity contribution in [2.75, 3.05) is 11.9 Å². The molecule has 1 unspecified atom stereocenters. The third kappa shape index (κ3) is 2.76. The Hall–Kier alpha value is -3.08. The molecule has 5 heteroatoms. The second-order valence-electron chi connectivity index (χ2n) is 5.90. The Morgan fingerprint density at radius 3 is 2.92 bits per heavy atom. The van der Waals surface area contributed by atoms with Gasteiger partial charge in [0.25, 0.3) is 0 Å². The first-order valence-electron chi connectivity index (χ1n) is 8.07. The van der Waals surface area contributed by atoms with E-state index in [-0.39, 0.29) is 6.04 Å². The number of rotatable bonds is 5. The van der Waals surface area contributed by atoms with Gasteiger partial charge >= 0.3 is 0 Å². The van der Waals surface area contributed by atoms with Gasteiger partial charge in [-0.05, 0) is 36.8 Å². The fourth-order valence-corrected chi connectivity index (χ4v) is 2.85. The van der Waals surface area contributed by atoms with Crippen LogP contribution in [0.3, 0.4) is 0 Å². The van der Waals surface area contributed by atoms with Crippen LogP contribution in [0.25, 0.3) is 22.2 Å². The van der Waals surface area contributed by atoms with E-state index in [1.165, 1.54) is 0 Å². The maximum Gasteiger partial charge on any atom is 0.137 e. The Morgan fingerprint density at radius 2 is 2.04 bits per heavy atom. The van der Waals surface area contributed by atoms with E-state index in [4.69, 9.17) is 0 Å². The van der Waals surface area contributed by atoms with Crippen LogP contribution in [0, 0.1) is 0 Å². The molecule has 0 spiro atoms. The molecule has 5 nitrogen and oxygen atoms in total. The van der Waals surface area contributed by atoms with Crippen LogP contribution in [0.4, 0.5) is 5.69 Å². The van der Waals surface area contributed by atoms with Gasteiger partial charge in [-0.2, -0.15) is 5.10 Å². The molecule has 0 saturated carbocycles. The van der Waals surface area contributed by atoms with E-state index in [9.17, 15) is 0 Å². The van der Waals surface area contributed by atoms with Gasteiger partial charge in [0.05, 0.1) is 12.2 Å². The lowest BCUT2D eigenvalue weighted by Gasteiger charge is -2.14. The number of nitrogens with zero attached hydrogens (tertiary/aromatic N) is 3. The minimum absolute atomic E-state index is 0.252. The molecule has 4 rings (SSSR count). The number of aromatic nitrogens is 4. The Kier molecular flexibility index (Phi) is 3.75. The Morgan fingerprint density at radius 1 is 1.17 bits per heavy atom. The molecule has 0 aliphatic carbocycles. The summed E-state index contributed by atoms with van der Waals surface area (Å²) >= 11 is 0. The molecular formula is C19H19N5. The van der Waals surface area contributed by atoms with Crippen molar-refractivity contribution in [2.45, 2.75) is 13.0 Å². The number of anilines is 1. The topological polar surface area (TPSA) is 58.5 Å². The molecule has 24 heavy (non-hydrogen) atoms. The predicted octanol–water partition coefficient (Wildman–Crippen LogP) is 4.10. The highest BCUT2D eigenvalue weighted by Crippen LogP contribution is 2.27. The third-order valence-corrected chi connectivity index (χ3v) is 4.20. The van der Waals surface area contributed by atoms with Crippen LogP contribution in [0.5, 0.6) is 0 Å². The van der Waals surface area contributed by atoms with Crippen molar-refractivity contribution in [3.63, 3.8) is 0 Å². The first-order chi connectivity index (χ1) is 11.8. The molecular weight excluding hydrogens is 298 g/mol. The Bertz CT molecular complexity index is 938. The zero-order valence-corrected chi connectivity index (χ0v) is 13.5. The van der Waals surface area contributed by atoms with Gasteiger partial charge in [-0.3, -0.25) is 4.68 Å². The van der Waals surface area contributed by atoms with Gasteiger partial charge < -0.3 is 10.3 Å². The first kappa shape index (κ1) is 14.5. The van der Waals surface area contributed by atoms with Gasteiger partial charge in [-0.25, -0.2) is 4.98 Å². The van der Waals surface area contributed by atoms with Gasteiger partial charge in [-0.15, -0.1) is 0 Å². The minimum atomic E-state index is 0.252. The van der Waals surface area contributed by atoms with Crippen molar-refractivity contribution in [2.24, 2.45) is 0 Å². The van der Waals surface area contributed by atoms with Crippen molar-refractivity contribution in [1.82, 2.24) is 19.7 Å². The molecule has 0 radical (unpaired) electrons. The third-order valence-electron chi connectivity index (χ3n) is 4.20. The molecule has 0 amide bonds. The van der Waals surface area contributed by atoms with Gasteiger partial charge in [0.2, 0.25) is 0 Å². The summed E-state index contributed by atoms with van der Waals surface area (Å²) in [6.45, 7) is 2.98. The fourth-order valence-electron chi connectivity index (χ4n) is 2.85. The van der Waals surface area contributed by atoms with Gasteiger partial charge in [0.15, 0.2) is 0 Å². The summed E-state index contributed by atoms with van der Waals surface area (Å²) in [6, 6.07) is 14.6. The Labute approximate surface area is 140 Å². The summed E-state index contributed by atoms with van der Waals surface area (Å²) in [6.07, 6.45) is 7.75. The van der Waals surface area contributed by atoms with Crippen LogP contribution in [-0.4, -0.2) is 26.3 Å². The molecule has 0 bridgehead atoms. The zero-order chi connectivity index (χ0) is 16.4. The average Bonchev–Trinajstić information content (AvgIpc) is 3.29. The smallest absolute Gasteiger partial charge is 0.137 e. The second kappa shape index (κ2) is 6.20. The van der Waals surface area contributed by atoms with E-state index in [0.717, 1.165) is 34.4 Å². The highest BCUT2D eigenvalue weighted by Gasteiger charge is 2.10. The summed E-state index contributed by atoms with van der Waals surface area (Å²) in [7, 11) is 0. The fraction of sp³-hybridized carbons (Fsp3) is 0.158. The van der Waals surface area contributed by atoms with Crippen molar-refractivity contribution in [1.29, 1.82) is 0 Å². The molecule has 1 aromatic carbocycles. The van der Waals surface area contributed by atoms with E-state index < -0.39 is 0 Å². The van der Waals surface area contributed by atoms with Crippen LogP contribution in [-0.2, 0) is 0 Å². The van der Waals surface area contributed by atoms with E-state index >= 15 is 0 Å². The normalized spacial score (nSPS) is 12.4. The van der Waals surface area contributed by atoms with Gasteiger partial charge in [0, 0.05) is 41.8 Å². The maximum absolute atomic E-state index is 4.54. The summed E-state index contributed by atoms with van der Waals surface area (Å²) in [5.41, 5.74) is 4.28. The second-order valence-corrected chi connectivity index (χ2v) is 5.90. The van der Waals surface area contributed by atoms with Crippen LogP contribution in [0.2, 0.25) is 0 Å². The molecule has 3 aromatic heterocycles. The molecule has 3 heterocycles. The number of nitrogens with one attached hydrogen (secondary N) is 2. The van der Waals surface area contributed by atoms with Crippen LogP contribution in [0.1, 0.15) is 13.0 Å². The molecule has 0 saturated heterocycles. The van der Waals surface area contributed by atoms with E-state index in [2.05, 4.69) is 51.7 Å². The number of fused-ring (bicyclic) bond motifs is 1. The zero-order valence-electron chi connectivity index (χ0n) is 13.5. The number of para-hydroxylation sites is 1. The average molecular weight is 317 g/mol. The number of H-pyrrole nitrogens is 1. The monoisotopic (exact) mass is 317 g/mol. The molecule has 0 aliphatic rings. The highest BCUT2D eigenvalue weighted by molar-refractivity contribution is 5.92. The van der Waals surface area contributed by atoms with E-state index in [0.29, 0.717) is 0 Å². The van der Waals surface area contributed by atoms with Crippen LogP contribution < -0.4 is 5.32 Å². The molecule has 4 aromatic rings. The number of hydrogen-bond acceptors (Lipinski definition) is 3. The van der Waals surface area contributed by atoms with Crippen molar-refractivity contribution < 1.29 is 0 Å². The summed E-state index contributed by atoms with van der Waals surface area (Å²) in [5.74, 6) is 0. The number of aromatic amines is 1. The highest BCUT2D eigenvalue weighted by atomic mass is 15.3. The quantitative estimate of drug-likeness (QED) is 0.582. The lowest BCUT2D eigenvalue weighted by molar-refractivity contribution is 0.512. The first-order valence-corrected chi connectivity index (χ1v) is 8.07. The molecule has 0 fully saturated rings. The number of benzene rings is 1. The Balaban J connectivity index is 1.53. The van der Waals surface area contributed by atoms with Crippen molar-refractivity contribution in [3.8, 4) is 11.1 Å². The van der Waals surface area contributed by atoms with Crippen molar-refractivity contribution in [3.05, 3.63) is 67.3 Å².